The molecule has 0 aromatic heterocycles. The van der Waals surface area contributed by atoms with Gasteiger partial charge in [-0.2, -0.15) is 0 Å². The topological polar surface area (TPSA) is 52.3 Å². The number of benzene rings is 1. The lowest BCUT2D eigenvalue weighted by atomic mass is 10.1. The van der Waals surface area contributed by atoms with Gasteiger partial charge in [0, 0.05) is 10.0 Å². The molecule has 0 unspecified atom stereocenters. The summed E-state index contributed by atoms with van der Waals surface area (Å²) in [5, 5.41) is 0. The molecule has 0 amide bonds. The summed E-state index contributed by atoms with van der Waals surface area (Å²) in [4.78, 5) is 11.2. The van der Waals surface area contributed by atoms with E-state index >= 15 is 0 Å². The van der Waals surface area contributed by atoms with Gasteiger partial charge in [0.05, 0.1) is 13.7 Å². The zero-order valence-electron chi connectivity index (χ0n) is 7.21. The van der Waals surface area contributed by atoms with E-state index in [1.165, 1.54) is 0 Å². The quantitative estimate of drug-likeness (QED) is 0.821. The van der Waals surface area contributed by atoms with Gasteiger partial charge in [-0.05, 0) is 34.1 Å². The zero-order valence-corrected chi connectivity index (χ0v) is 8.80. The molecule has 1 aromatic carbocycles. The minimum absolute atomic E-state index is 0.0188. The Balaban J connectivity index is 3.05. The number of methoxy groups -OCH3 is 1. The molecule has 0 saturated heterocycles. The first-order valence-corrected chi connectivity index (χ1v) is 4.55. The van der Waals surface area contributed by atoms with Gasteiger partial charge in [0.25, 0.3) is 0 Å². The highest BCUT2D eigenvalue weighted by Gasteiger charge is 2.08. The molecule has 0 heterocycles. The van der Waals surface area contributed by atoms with Crippen LogP contribution in [0, 0.1) is 0 Å². The summed E-state index contributed by atoms with van der Waals surface area (Å²) in [6.07, 6.45) is 0. The van der Waals surface area contributed by atoms with E-state index in [4.69, 9.17) is 10.5 Å². The molecule has 0 aliphatic carbocycles. The predicted molar refractivity (Wildman–Crippen MR) is 54.1 cm³/mol. The fourth-order valence-electron chi connectivity index (χ4n) is 0.959. The number of ether oxygens (including phenoxy) is 1. The second-order valence-corrected chi connectivity index (χ2v) is 3.33. The van der Waals surface area contributed by atoms with Crippen molar-refractivity contribution in [2.75, 3.05) is 13.7 Å². The van der Waals surface area contributed by atoms with Crippen molar-refractivity contribution in [3.05, 3.63) is 28.2 Å². The maximum absolute atomic E-state index is 11.2. The molecular weight excluding hydrogens is 234 g/mol. The van der Waals surface area contributed by atoms with Crippen molar-refractivity contribution in [3.8, 4) is 5.75 Å². The molecule has 0 aliphatic rings. The van der Waals surface area contributed by atoms with Crippen LogP contribution in [-0.2, 0) is 0 Å². The lowest BCUT2D eigenvalue weighted by molar-refractivity contribution is 0.100. The number of Topliss-reactive ketones (excluding diaryl/α,β-unsaturated/α-hetero) is 1. The van der Waals surface area contributed by atoms with Crippen molar-refractivity contribution in [2.45, 2.75) is 0 Å². The first-order valence-electron chi connectivity index (χ1n) is 3.76. The van der Waals surface area contributed by atoms with Gasteiger partial charge in [-0.15, -0.1) is 0 Å². The highest BCUT2D eigenvalue weighted by atomic mass is 79.9. The number of hydrogen-bond acceptors (Lipinski definition) is 3. The molecule has 0 fully saturated rings. The van der Waals surface area contributed by atoms with E-state index in [9.17, 15) is 4.79 Å². The molecule has 70 valence electrons. The van der Waals surface area contributed by atoms with Gasteiger partial charge in [-0.3, -0.25) is 4.79 Å². The molecule has 3 nitrogen and oxygen atoms in total. The summed E-state index contributed by atoms with van der Waals surface area (Å²) < 4.78 is 5.70. The highest BCUT2D eigenvalue weighted by Crippen LogP contribution is 2.22. The van der Waals surface area contributed by atoms with Crippen molar-refractivity contribution in [2.24, 2.45) is 5.73 Å². The van der Waals surface area contributed by atoms with E-state index in [0.717, 1.165) is 0 Å². The second-order valence-electron chi connectivity index (χ2n) is 2.47. The summed E-state index contributed by atoms with van der Waals surface area (Å²) in [6, 6.07) is 5.16. The molecule has 0 saturated carbocycles. The lowest BCUT2D eigenvalue weighted by Gasteiger charge is -2.04. The Hall–Kier alpha value is -0.870. The Kier molecular flexibility index (Phi) is 3.45. The number of rotatable bonds is 3. The number of halogens is 1. The van der Waals surface area contributed by atoms with Crippen LogP contribution >= 0.6 is 15.9 Å². The van der Waals surface area contributed by atoms with Gasteiger partial charge in [-0.1, -0.05) is 0 Å². The molecule has 1 aromatic rings. The van der Waals surface area contributed by atoms with E-state index in [-0.39, 0.29) is 12.3 Å². The SMILES string of the molecule is COc1ccc(C(=O)CN)c(Br)c1. The van der Waals surface area contributed by atoms with Gasteiger partial charge in [0.1, 0.15) is 5.75 Å². The number of hydrogen-bond donors (Lipinski definition) is 1. The molecule has 0 bridgehead atoms. The van der Waals surface area contributed by atoms with E-state index in [0.29, 0.717) is 15.8 Å². The average molecular weight is 244 g/mol. The molecule has 1 rings (SSSR count). The van der Waals surface area contributed by atoms with Crippen LogP contribution in [0.2, 0.25) is 0 Å². The summed E-state index contributed by atoms with van der Waals surface area (Å²) in [5.41, 5.74) is 5.83. The Bertz CT molecular complexity index is 325. The standard InChI is InChI=1S/C9H10BrNO2/c1-13-6-2-3-7(8(10)4-6)9(12)5-11/h2-4H,5,11H2,1H3. The maximum atomic E-state index is 11.2. The molecule has 2 N–H and O–H groups in total. The van der Waals surface area contributed by atoms with E-state index in [1.807, 2.05) is 0 Å². The van der Waals surface area contributed by atoms with Crippen LogP contribution < -0.4 is 10.5 Å². The first-order chi connectivity index (χ1) is 6.19. The molecule has 13 heavy (non-hydrogen) atoms. The predicted octanol–water partition coefficient (Wildman–Crippen LogP) is 1.60. The van der Waals surface area contributed by atoms with E-state index < -0.39 is 0 Å². The fraction of sp³-hybridized carbons (Fsp3) is 0.222. The fourth-order valence-corrected chi connectivity index (χ4v) is 1.54. The van der Waals surface area contributed by atoms with Crippen molar-refractivity contribution < 1.29 is 9.53 Å². The number of carbonyl (C=O) groups is 1. The highest BCUT2D eigenvalue weighted by molar-refractivity contribution is 9.10. The van der Waals surface area contributed by atoms with Crippen LogP contribution in [0.3, 0.4) is 0 Å². The normalized spacial score (nSPS) is 9.77. The van der Waals surface area contributed by atoms with Gasteiger partial charge < -0.3 is 10.5 Å². The third-order valence-corrected chi connectivity index (χ3v) is 2.32. The average Bonchev–Trinajstić information content (AvgIpc) is 2.16. The van der Waals surface area contributed by atoms with Gasteiger partial charge in [0.15, 0.2) is 5.78 Å². The van der Waals surface area contributed by atoms with E-state index in [2.05, 4.69) is 15.9 Å². The van der Waals surface area contributed by atoms with Gasteiger partial charge >= 0.3 is 0 Å². The van der Waals surface area contributed by atoms with Crippen molar-refractivity contribution >= 4 is 21.7 Å². The molecule has 0 atom stereocenters. The minimum atomic E-state index is -0.0884. The Morgan fingerprint density at radius 1 is 1.62 bits per heavy atom. The lowest BCUT2D eigenvalue weighted by Crippen LogP contribution is -2.13. The molecule has 0 spiro atoms. The zero-order chi connectivity index (χ0) is 9.84. The van der Waals surface area contributed by atoms with Crippen LogP contribution in [0.25, 0.3) is 0 Å². The van der Waals surface area contributed by atoms with Crippen molar-refractivity contribution in [1.82, 2.24) is 0 Å². The summed E-state index contributed by atoms with van der Waals surface area (Å²) >= 11 is 3.27. The minimum Gasteiger partial charge on any atom is -0.497 e. The molecule has 0 aliphatic heterocycles. The molecular formula is C9H10BrNO2. The van der Waals surface area contributed by atoms with E-state index in [1.54, 1.807) is 25.3 Å². The summed E-state index contributed by atoms with van der Waals surface area (Å²) in [6.45, 7) is 0.0188. The van der Waals surface area contributed by atoms with Crippen LogP contribution in [0.15, 0.2) is 22.7 Å². The largest absolute Gasteiger partial charge is 0.497 e. The summed E-state index contributed by atoms with van der Waals surface area (Å²) in [5.74, 6) is 0.620. The van der Waals surface area contributed by atoms with Crippen LogP contribution in [0.5, 0.6) is 5.75 Å². The molecule has 0 radical (unpaired) electrons. The van der Waals surface area contributed by atoms with Crippen LogP contribution in [0.1, 0.15) is 10.4 Å². The summed E-state index contributed by atoms with van der Waals surface area (Å²) in [7, 11) is 1.58. The third kappa shape index (κ3) is 2.29. The smallest absolute Gasteiger partial charge is 0.177 e. The Morgan fingerprint density at radius 3 is 2.77 bits per heavy atom. The van der Waals surface area contributed by atoms with Crippen LogP contribution in [0.4, 0.5) is 0 Å². The molecule has 4 heteroatoms. The maximum Gasteiger partial charge on any atom is 0.177 e. The first kappa shape index (κ1) is 10.2. The Morgan fingerprint density at radius 2 is 2.31 bits per heavy atom. The number of ketones is 1. The number of carbonyl (C=O) groups excluding carboxylic acids is 1. The van der Waals surface area contributed by atoms with Gasteiger partial charge in [0.2, 0.25) is 0 Å². The van der Waals surface area contributed by atoms with Gasteiger partial charge in [-0.25, -0.2) is 0 Å². The number of nitrogens with two attached hydrogens (primary N) is 1. The monoisotopic (exact) mass is 243 g/mol. The van der Waals surface area contributed by atoms with Crippen LogP contribution in [-0.4, -0.2) is 19.4 Å². The second kappa shape index (κ2) is 4.39. The Labute approximate surface area is 85.0 Å². The third-order valence-electron chi connectivity index (χ3n) is 1.66. The van der Waals surface area contributed by atoms with Crippen molar-refractivity contribution in [3.63, 3.8) is 0 Å². The van der Waals surface area contributed by atoms with Crippen molar-refractivity contribution in [1.29, 1.82) is 0 Å².